The average Bonchev–Trinajstić information content (AvgIpc) is 4.24. The number of methoxy groups -OCH3 is 2. The smallest absolute Gasteiger partial charge is 0.407 e. The van der Waals surface area contributed by atoms with Gasteiger partial charge in [0.25, 0.3) is 0 Å². The zero-order valence-corrected chi connectivity index (χ0v) is 35.8. The van der Waals surface area contributed by atoms with Crippen molar-refractivity contribution in [3.63, 3.8) is 0 Å². The number of aromatic amines is 2. The number of carbonyl (C=O) groups excluding carboxylic acids is 4. The number of alkyl carbamates (subject to hydrolysis) is 2. The van der Waals surface area contributed by atoms with Gasteiger partial charge in [-0.1, -0.05) is 55.5 Å². The largest absolute Gasteiger partial charge is 0.453 e. The highest BCUT2D eigenvalue weighted by molar-refractivity contribution is 5.88. The summed E-state index contributed by atoms with van der Waals surface area (Å²) < 4.78 is 9.94. The van der Waals surface area contributed by atoms with Crippen molar-refractivity contribution < 1.29 is 28.7 Å². The Balaban J connectivity index is 0.681. The molecule has 63 heavy (non-hydrogen) atoms. The van der Waals surface area contributed by atoms with Crippen molar-refractivity contribution in [2.45, 2.75) is 94.5 Å². The third kappa shape index (κ3) is 5.87. The molecule has 4 heterocycles. The van der Waals surface area contributed by atoms with Crippen molar-refractivity contribution in [1.29, 1.82) is 0 Å². The molecule has 0 radical (unpaired) electrons. The van der Waals surface area contributed by atoms with Crippen LogP contribution in [0.5, 0.6) is 0 Å². The number of nitrogens with one attached hydrogen (secondary N) is 4. The van der Waals surface area contributed by atoms with Crippen molar-refractivity contribution in [3.8, 4) is 33.6 Å². The second kappa shape index (κ2) is 13.4. The first kappa shape index (κ1) is 37.9. The van der Waals surface area contributed by atoms with Gasteiger partial charge in [0.05, 0.1) is 37.7 Å². The summed E-state index contributed by atoms with van der Waals surface area (Å²) in [7, 11) is 2.71. The Bertz CT molecular complexity index is 2540. The Morgan fingerprint density at radius 3 is 1.54 bits per heavy atom. The molecule has 3 unspecified atom stereocenters. The Morgan fingerprint density at radius 2 is 1.08 bits per heavy atom. The SMILES string of the molecule is COC(=O)NC(C(=O)N1[C@@H]2C[C@@H]2C[C@H]1c1nc(-c2ccc(-c3ccc(-c4c[nH]c([C@@H]5C[C@H]6C[C@H]6N5C(=O)C(NC(=O)OC)[C@H]5C[C@H]6[C@H]7C5[C@]76C)n4)cc3)cc2)c[nH]1)[C@H]1C[C@@H]2C[C@@H]2C1. The molecular weight excluding hydrogens is 797 g/mol. The molecule has 8 aliphatic carbocycles. The zero-order valence-electron chi connectivity index (χ0n) is 35.8. The summed E-state index contributed by atoms with van der Waals surface area (Å²) in [4.78, 5) is 74.6. The van der Waals surface area contributed by atoms with E-state index in [-0.39, 0.29) is 47.8 Å². The lowest BCUT2D eigenvalue weighted by atomic mass is 9.93. The van der Waals surface area contributed by atoms with Gasteiger partial charge in [-0.3, -0.25) is 9.59 Å². The van der Waals surface area contributed by atoms with Gasteiger partial charge in [0.2, 0.25) is 11.8 Å². The molecule has 4 N–H and O–H groups in total. The molecule has 14 heteroatoms. The number of fused-ring (bicyclic) bond motifs is 4. The number of H-pyrrole nitrogens is 2. The molecule has 326 valence electrons. The first-order valence-electron chi connectivity index (χ1n) is 23.3. The number of hydrogen-bond acceptors (Lipinski definition) is 8. The maximum absolute atomic E-state index is 14.4. The lowest BCUT2D eigenvalue weighted by Crippen LogP contribution is -2.53. The highest BCUT2D eigenvalue weighted by atomic mass is 16.5. The third-order valence-corrected chi connectivity index (χ3v) is 17.7. The van der Waals surface area contributed by atoms with Crippen molar-refractivity contribution in [3.05, 3.63) is 72.6 Å². The average molecular weight is 851 g/mol. The van der Waals surface area contributed by atoms with E-state index in [1.807, 2.05) is 22.2 Å². The van der Waals surface area contributed by atoms with E-state index in [9.17, 15) is 19.2 Å². The summed E-state index contributed by atoms with van der Waals surface area (Å²) >= 11 is 0. The molecule has 10 aliphatic rings. The van der Waals surface area contributed by atoms with E-state index in [0.717, 1.165) is 96.2 Å². The second-order valence-corrected chi connectivity index (χ2v) is 20.8. The Hall–Kier alpha value is -5.66. The molecule has 2 bridgehead atoms. The van der Waals surface area contributed by atoms with Crippen LogP contribution in [0.2, 0.25) is 0 Å². The lowest BCUT2D eigenvalue weighted by molar-refractivity contribution is -0.137. The lowest BCUT2D eigenvalue weighted by Gasteiger charge is -2.33. The predicted molar refractivity (Wildman–Crippen MR) is 229 cm³/mol. The van der Waals surface area contributed by atoms with E-state index in [4.69, 9.17) is 19.4 Å². The van der Waals surface area contributed by atoms with Gasteiger partial charge in [-0.2, -0.15) is 0 Å². The van der Waals surface area contributed by atoms with E-state index in [2.05, 4.69) is 76.1 Å². The van der Waals surface area contributed by atoms with Crippen molar-refractivity contribution in [1.82, 2.24) is 40.4 Å². The molecule has 2 saturated heterocycles. The van der Waals surface area contributed by atoms with Gasteiger partial charge in [-0.15, -0.1) is 0 Å². The number of ether oxygens (including phenoxy) is 2. The number of imidazole rings is 2. The van der Waals surface area contributed by atoms with Crippen LogP contribution in [-0.4, -0.2) is 92.1 Å². The van der Waals surface area contributed by atoms with Crippen LogP contribution in [0.15, 0.2) is 60.9 Å². The number of aromatic nitrogens is 4. The van der Waals surface area contributed by atoms with Crippen molar-refractivity contribution >= 4 is 24.0 Å². The molecule has 10 fully saturated rings. The molecule has 4 aromatic rings. The van der Waals surface area contributed by atoms with Gasteiger partial charge >= 0.3 is 12.2 Å². The van der Waals surface area contributed by atoms with Crippen LogP contribution >= 0.6 is 0 Å². The summed E-state index contributed by atoms with van der Waals surface area (Å²) in [6, 6.07) is 15.7. The maximum atomic E-state index is 14.4. The second-order valence-electron chi connectivity index (χ2n) is 20.8. The maximum Gasteiger partial charge on any atom is 0.407 e. The minimum atomic E-state index is -0.571. The highest BCUT2D eigenvalue weighted by Gasteiger charge is 2.89. The van der Waals surface area contributed by atoms with Gasteiger partial charge < -0.3 is 39.9 Å². The predicted octanol–water partition coefficient (Wildman–Crippen LogP) is 6.85. The molecule has 14 nitrogen and oxygen atoms in total. The normalized spacial score (nSPS) is 37.2. The molecule has 2 aromatic heterocycles. The summed E-state index contributed by atoms with van der Waals surface area (Å²) in [6.45, 7) is 2.34. The molecule has 14 rings (SSSR count). The van der Waals surface area contributed by atoms with Crippen LogP contribution in [0.25, 0.3) is 33.6 Å². The summed E-state index contributed by atoms with van der Waals surface area (Å²) in [5.74, 6) is 6.15. The molecule has 2 aromatic carbocycles. The van der Waals surface area contributed by atoms with E-state index in [1.165, 1.54) is 20.6 Å². The Kier molecular flexibility index (Phi) is 8.07. The van der Waals surface area contributed by atoms with E-state index >= 15 is 0 Å². The topological polar surface area (TPSA) is 175 Å². The van der Waals surface area contributed by atoms with Gasteiger partial charge in [0.1, 0.15) is 23.7 Å². The summed E-state index contributed by atoms with van der Waals surface area (Å²) in [6.07, 6.45) is 10.7. The summed E-state index contributed by atoms with van der Waals surface area (Å²) in [5.41, 5.74) is 6.16. The monoisotopic (exact) mass is 850 g/mol. The minimum Gasteiger partial charge on any atom is -0.453 e. The standard InChI is InChI=1S/C49H54N8O6/c1-49-32-19-31(39(49)40(32)49)42(55-48(61)63-3)46(59)57-36-16-29(36)18-38(57)44-51-21-34(53-44)25-10-6-23(7-11-25)22-4-8-24(9-5-22)33-20-50-43(52-33)37-17-28-15-35(28)56(37)45(58)41(54-47(60)62-2)30-13-26-12-27(26)14-30/h4-11,20-21,26-32,35-42H,12-19H2,1-3H3,(H,50,52)(H,51,53)(H,54,60)(H,55,61)/t26-,27+,28-,29-,30-,31+,32+,35-,36-,37+,38+,39?,40+,41?,42?,49-/m1/s1. The third-order valence-electron chi connectivity index (χ3n) is 17.7. The fourth-order valence-corrected chi connectivity index (χ4v) is 14.0. The van der Waals surface area contributed by atoms with Crippen LogP contribution in [0.3, 0.4) is 0 Å². The molecule has 8 saturated carbocycles. The number of likely N-dealkylation sites (tertiary alicyclic amines) is 2. The number of carbonyl (C=O) groups is 4. The van der Waals surface area contributed by atoms with Crippen molar-refractivity contribution in [2.24, 2.45) is 58.7 Å². The fraction of sp³-hybridized carbons (Fsp3) is 0.551. The van der Waals surface area contributed by atoms with Crippen LogP contribution in [-0.2, 0) is 19.1 Å². The number of hydrogen-bond donors (Lipinski definition) is 4. The first-order valence-corrected chi connectivity index (χ1v) is 23.3. The van der Waals surface area contributed by atoms with Crippen LogP contribution in [0.4, 0.5) is 9.59 Å². The minimum absolute atomic E-state index is 0.00326. The number of rotatable bonds is 11. The number of amides is 4. The molecule has 4 amide bonds. The Labute approximate surface area is 365 Å². The molecule has 16 atom stereocenters. The number of benzene rings is 2. The van der Waals surface area contributed by atoms with Crippen LogP contribution < -0.4 is 10.6 Å². The highest BCUT2D eigenvalue weighted by Crippen LogP contribution is 2.93. The zero-order chi connectivity index (χ0) is 42.6. The first-order chi connectivity index (χ1) is 30.6. The van der Waals surface area contributed by atoms with Gasteiger partial charge in [-0.25, -0.2) is 19.6 Å². The van der Waals surface area contributed by atoms with Gasteiger partial charge in [-0.05, 0) is 121 Å². The fourth-order valence-electron chi connectivity index (χ4n) is 14.0. The number of piperidine rings is 2. The van der Waals surface area contributed by atoms with Crippen molar-refractivity contribution in [2.75, 3.05) is 14.2 Å². The quantitative estimate of drug-likeness (QED) is 0.127. The van der Waals surface area contributed by atoms with Crippen LogP contribution in [0.1, 0.15) is 82.0 Å². The van der Waals surface area contributed by atoms with Crippen LogP contribution in [0, 0.1) is 58.7 Å². The van der Waals surface area contributed by atoms with E-state index < -0.39 is 24.3 Å². The van der Waals surface area contributed by atoms with Gasteiger partial charge in [0, 0.05) is 35.6 Å². The van der Waals surface area contributed by atoms with E-state index in [1.54, 1.807) is 0 Å². The molecular formula is C49H54N8O6. The molecule has 2 aliphatic heterocycles. The van der Waals surface area contributed by atoms with Gasteiger partial charge in [0.15, 0.2) is 0 Å². The van der Waals surface area contributed by atoms with E-state index in [0.29, 0.717) is 40.9 Å². The molecule has 0 spiro atoms. The number of nitrogens with zero attached hydrogens (tertiary/aromatic N) is 4. The Morgan fingerprint density at radius 1 is 0.619 bits per heavy atom. The summed E-state index contributed by atoms with van der Waals surface area (Å²) in [5, 5.41) is 5.89.